The lowest BCUT2D eigenvalue weighted by Gasteiger charge is -2.33. The van der Waals surface area contributed by atoms with Gasteiger partial charge in [-0.25, -0.2) is 8.78 Å². The summed E-state index contributed by atoms with van der Waals surface area (Å²) in [5.74, 6) is -3.01. The van der Waals surface area contributed by atoms with Gasteiger partial charge in [-0.15, -0.1) is 0 Å². The van der Waals surface area contributed by atoms with Crippen molar-refractivity contribution in [3.63, 3.8) is 0 Å². The highest BCUT2D eigenvalue weighted by Crippen LogP contribution is 2.23. The highest BCUT2D eigenvalue weighted by atomic mass is 35.5. The van der Waals surface area contributed by atoms with Gasteiger partial charge in [-0.2, -0.15) is 0 Å². The second-order valence-corrected chi connectivity index (χ2v) is 11.4. The molecule has 1 atom stereocenters. The van der Waals surface area contributed by atoms with Crippen LogP contribution in [0.15, 0.2) is 66.7 Å². The topological polar surface area (TPSA) is 104 Å². The van der Waals surface area contributed by atoms with Crippen LogP contribution in [0.5, 0.6) is 0 Å². The Bertz CT molecular complexity index is 1510. The molecule has 4 rings (SSSR count). The third-order valence-corrected chi connectivity index (χ3v) is 8.08. The highest BCUT2D eigenvalue weighted by molar-refractivity contribution is 6.35. The van der Waals surface area contributed by atoms with Gasteiger partial charge in [-0.1, -0.05) is 53.5 Å². The van der Waals surface area contributed by atoms with Crippen LogP contribution in [0.2, 0.25) is 10.0 Å². The fraction of sp³-hybridized carbons (Fsp3) is 0.312. The van der Waals surface area contributed by atoms with E-state index in [0.29, 0.717) is 28.5 Å². The number of amides is 4. The summed E-state index contributed by atoms with van der Waals surface area (Å²) in [6, 6.07) is 15.4. The van der Waals surface area contributed by atoms with Crippen molar-refractivity contribution < 1.29 is 28.0 Å². The van der Waals surface area contributed by atoms with Crippen LogP contribution >= 0.6 is 23.2 Å². The Hall–Kier alpha value is -4.02. The van der Waals surface area contributed by atoms with Crippen molar-refractivity contribution in [1.82, 2.24) is 14.7 Å². The number of nitrogens with two attached hydrogens (primary N) is 1. The molecule has 3 aromatic carbocycles. The number of carbonyl (C=O) groups is 4. The Kier molecular flexibility index (Phi) is 11.3. The molecule has 1 aliphatic rings. The summed E-state index contributed by atoms with van der Waals surface area (Å²) < 4.78 is 26.8. The molecule has 0 aliphatic carbocycles. The maximum atomic E-state index is 14.0. The highest BCUT2D eigenvalue weighted by Gasteiger charge is 2.39. The fourth-order valence-electron chi connectivity index (χ4n) is 5.09. The van der Waals surface area contributed by atoms with Gasteiger partial charge in [0.15, 0.2) is 0 Å². The molecule has 0 radical (unpaired) electrons. The zero-order valence-corrected chi connectivity index (χ0v) is 25.4. The van der Waals surface area contributed by atoms with E-state index in [1.165, 1.54) is 39.0 Å². The number of halogens is 4. The zero-order valence-electron chi connectivity index (χ0n) is 23.9. The third-order valence-electron chi connectivity index (χ3n) is 7.49. The summed E-state index contributed by atoms with van der Waals surface area (Å²) in [7, 11) is 0. The van der Waals surface area contributed by atoms with E-state index in [1.807, 2.05) is 0 Å². The smallest absolute Gasteiger partial charge is 0.246 e. The van der Waals surface area contributed by atoms with Crippen molar-refractivity contribution in [2.24, 2.45) is 5.73 Å². The first-order valence-electron chi connectivity index (χ1n) is 14.1. The molecule has 3 aromatic rings. The number of primary amides is 1. The molecule has 12 heteroatoms. The van der Waals surface area contributed by atoms with E-state index in [9.17, 15) is 28.0 Å². The Morgan fingerprint density at radius 1 is 0.841 bits per heavy atom. The Morgan fingerprint density at radius 2 is 1.43 bits per heavy atom. The first-order chi connectivity index (χ1) is 21.0. The first-order valence-corrected chi connectivity index (χ1v) is 14.8. The second-order valence-electron chi connectivity index (χ2n) is 10.6. The molecule has 0 bridgehead atoms. The molecule has 1 unspecified atom stereocenters. The summed E-state index contributed by atoms with van der Waals surface area (Å²) in [4.78, 5) is 57.1. The summed E-state index contributed by atoms with van der Waals surface area (Å²) in [5, 5.41) is 0.835. The second kappa shape index (κ2) is 15.1. The number of nitrogens with zero attached hydrogens (tertiary/aromatic N) is 3. The van der Waals surface area contributed by atoms with Crippen LogP contribution in [-0.4, -0.2) is 77.1 Å². The van der Waals surface area contributed by atoms with Gasteiger partial charge in [-0.05, 0) is 72.4 Å². The molecule has 0 aromatic heterocycles. The molecule has 2 N–H and O–H groups in total. The predicted octanol–water partition coefficient (Wildman–Crippen LogP) is 4.04. The molecule has 1 heterocycles. The number of benzene rings is 3. The van der Waals surface area contributed by atoms with Gasteiger partial charge >= 0.3 is 0 Å². The summed E-state index contributed by atoms with van der Waals surface area (Å²) in [6.07, 6.45) is 0.635. The minimum Gasteiger partial charge on any atom is -0.368 e. The lowest BCUT2D eigenvalue weighted by atomic mass is 10.1. The van der Waals surface area contributed by atoms with Gasteiger partial charge in [0.1, 0.15) is 17.7 Å². The van der Waals surface area contributed by atoms with Crippen LogP contribution in [0.4, 0.5) is 8.78 Å². The van der Waals surface area contributed by atoms with E-state index in [-0.39, 0.29) is 44.8 Å². The Morgan fingerprint density at radius 3 is 2.00 bits per heavy atom. The van der Waals surface area contributed by atoms with Crippen LogP contribution in [0, 0.1) is 11.6 Å². The van der Waals surface area contributed by atoms with Gasteiger partial charge in [0.25, 0.3) is 0 Å². The maximum Gasteiger partial charge on any atom is 0.246 e. The molecule has 44 heavy (non-hydrogen) atoms. The number of rotatable bonds is 12. The van der Waals surface area contributed by atoms with E-state index in [1.54, 1.807) is 42.5 Å². The Balaban J connectivity index is 1.57. The summed E-state index contributed by atoms with van der Waals surface area (Å²) >= 11 is 12.3. The van der Waals surface area contributed by atoms with Gasteiger partial charge in [0.05, 0.1) is 19.5 Å². The predicted molar refractivity (Wildman–Crippen MR) is 163 cm³/mol. The molecule has 0 spiro atoms. The van der Waals surface area contributed by atoms with Gasteiger partial charge in [0, 0.05) is 29.7 Å². The Labute approximate surface area is 264 Å². The molecule has 1 fully saturated rings. The lowest BCUT2D eigenvalue weighted by molar-refractivity contribution is -0.146. The maximum absolute atomic E-state index is 14.0. The van der Waals surface area contributed by atoms with E-state index in [4.69, 9.17) is 28.9 Å². The summed E-state index contributed by atoms with van der Waals surface area (Å²) in [5.41, 5.74) is 7.69. The molecule has 1 saturated heterocycles. The van der Waals surface area contributed by atoms with Crippen molar-refractivity contribution in [2.75, 3.05) is 32.7 Å². The monoisotopic (exact) mass is 644 g/mol. The van der Waals surface area contributed by atoms with E-state index in [2.05, 4.69) is 0 Å². The van der Waals surface area contributed by atoms with Crippen molar-refractivity contribution in [3.8, 4) is 0 Å². The van der Waals surface area contributed by atoms with Crippen LogP contribution in [0.1, 0.15) is 23.1 Å². The standard InChI is InChI=1S/C32H32Cl2F2N4O4/c33-24-6-5-23(27(34)17-24)13-15-39(19-29(37)41)32(44)28-18-30(42)38(14-11-21-1-7-25(35)8-2-21)20-31(43)40(28)16-12-22-3-9-26(36)10-4-22/h1-10,17,28H,11-16,18-20H2,(H2,37,41). The number of carbonyl (C=O) groups excluding carboxylic acids is 4. The largest absolute Gasteiger partial charge is 0.368 e. The molecule has 0 saturated carbocycles. The average molecular weight is 646 g/mol. The van der Waals surface area contributed by atoms with Crippen LogP contribution in [0.3, 0.4) is 0 Å². The summed E-state index contributed by atoms with van der Waals surface area (Å²) in [6.45, 7) is -0.384. The van der Waals surface area contributed by atoms with Crippen LogP contribution in [0.25, 0.3) is 0 Å². The normalized spacial score (nSPS) is 15.3. The molecule has 8 nitrogen and oxygen atoms in total. The van der Waals surface area contributed by atoms with Crippen molar-refractivity contribution in [2.45, 2.75) is 31.7 Å². The van der Waals surface area contributed by atoms with Crippen molar-refractivity contribution in [1.29, 1.82) is 0 Å². The van der Waals surface area contributed by atoms with Crippen LogP contribution in [-0.2, 0) is 38.4 Å². The molecule has 232 valence electrons. The lowest BCUT2D eigenvalue weighted by Crippen LogP contribution is -2.53. The number of hydrogen-bond acceptors (Lipinski definition) is 4. The van der Waals surface area contributed by atoms with E-state index < -0.39 is 42.0 Å². The molecule has 4 amide bonds. The minimum absolute atomic E-state index is 0.0437. The van der Waals surface area contributed by atoms with Crippen LogP contribution < -0.4 is 5.73 Å². The van der Waals surface area contributed by atoms with E-state index >= 15 is 0 Å². The van der Waals surface area contributed by atoms with Crippen molar-refractivity contribution in [3.05, 3.63) is 105 Å². The van der Waals surface area contributed by atoms with E-state index in [0.717, 1.165) is 11.1 Å². The van der Waals surface area contributed by atoms with Gasteiger partial charge < -0.3 is 20.4 Å². The van der Waals surface area contributed by atoms with Crippen molar-refractivity contribution >= 4 is 46.8 Å². The molecular weight excluding hydrogens is 613 g/mol. The molecule has 1 aliphatic heterocycles. The fourth-order valence-corrected chi connectivity index (χ4v) is 5.59. The average Bonchev–Trinajstić information content (AvgIpc) is 3.10. The SMILES string of the molecule is NC(=O)CN(CCc1ccc(Cl)cc1Cl)C(=O)C1CC(=O)N(CCc2ccc(F)cc2)CC(=O)N1CCc1ccc(F)cc1. The quantitative estimate of drug-likeness (QED) is 0.321. The molecular formula is C32H32Cl2F2N4O4. The third kappa shape index (κ3) is 9.00. The number of hydrogen-bond donors (Lipinski definition) is 1. The van der Waals surface area contributed by atoms with Gasteiger partial charge in [-0.3, -0.25) is 19.2 Å². The van der Waals surface area contributed by atoms with Gasteiger partial charge in [0.2, 0.25) is 23.6 Å². The first kappa shape index (κ1) is 32.9. The minimum atomic E-state index is -1.20. The zero-order chi connectivity index (χ0) is 31.8.